The second-order valence-electron chi connectivity index (χ2n) is 4.68. The van der Waals surface area contributed by atoms with Gasteiger partial charge >= 0.3 is 0 Å². The molecule has 1 aromatic rings. The summed E-state index contributed by atoms with van der Waals surface area (Å²) < 4.78 is 1.51. The van der Waals surface area contributed by atoms with Crippen LogP contribution in [0.2, 0.25) is 0 Å². The van der Waals surface area contributed by atoms with Crippen molar-refractivity contribution >= 4 is 17.7 Å². The molecule has 1 aromatic heterocycles. The number of aryl methyl sites for hydroxylation is 1. The molecule has 1 heterocycles. The number of thioether (sulfide) groups is 1. The average Bonchev–Trinajstić information content (AvgIpc) is 2.83. The molecule has 1 saturated carbocycles. The fourth-order valence-electron chi connectivity index (χ4n) is 2.20. The molecule has 1 aliphatic carbocycles. The number of rotatable bonds is 4. The summed E-state index contributed by atoms with van der Waals surface area (Å²) >= 11 is 1.26. The minimum absolute atomic E-state index is 0.142. The highest BCUT2D eigenvalue weighted by Crippen LogP contribution is 2.27. The SMILES string of the molecule is Cn1nnnc1SCC(=O)NC1(C#N)CCCCC1. The molecule has 0 aromatic carbocycles. The fourth-order valence-corrected chi connectivity index (χ4v) is 2.85. The lowest BCUT2D eigenvalue weighted by Gasteiger charge is -2.31. The third-order valence-electron chi connectivity index (χ3n) is 3.21. The van der Waals surface area contributed by atoms with Gasteiger partial charge in [-0.05, 0) is 23.3 Å². The Hall–Kier alpha value is -1.62. The summed E-state index contributed by atoms with van der Waals surface area (Å²) in [5, 5.41) is 23.7. The smallest absolute Gasteiger partial charge is 0.231 e. The molecule has 1 amide bonds. The monoisotopic (exact) mass is 280 g/mol. The predicted octanol–water partition coefficient (Wildman–Crippen LogP) is 0.645. The number of amides is 1. The minimum Gasteiger partial charge on any atom is -0.337 e. The zero-order chi connectivity index (χ0) is 13.7. The maximum atomic E-state index is 11.9. The van der Waals surface area contributed by atoms with Crippen LogP contribution in [-0.4, -0.2) is 37.4 Å². The van der Waals surface area contributed by atoms with Crippen LogP contribution in [0.5, 0.6) is 0 Å². The lowest BCUT2D eigenvalue weighted by Crippen LogP contribution is -2.49. The molecule has 0 atom stereocenters. The van der Waals surface area contributed by atoms with E-state index in [-0.39, 0.29) is 11.7 Å². The van der Waals surface area contributed by atoms with Crippen LogP contribution < -0.4 is 5.32 Å². The third-order valence-corrected chi connectivity index (χ3v) is 4.22. The Balaban J connectivity index is 1.87. The van der Waals surface area contributed by atoms with Crippen molar-refractivity contribution in [2.45, 2.75) is 42.8 Å². The van der Waals surface area contributed by atoms with Gasteiger partial charge in [-0.15, -0.1) is 5.10 Å². The standard InChI is InChI=1S/C11H16N6OS/c1-17-10(14-15-16-17)19-7-9(18)13-11(8-12)5-3-2-4-6-11/h2-7H2,1H3,(H,13,18). The summed E-state index contributed by atoms with van der Waals surface area (Å²) in [7, 11) is 1.72. The van der Waals surface area contributed by atoms with Crippen molar-refractivity contribution in [3.63, 3.8) is 0 Å². The molecule has 8 heteroatoms. The summed E-state index contributed by atoms with van der Waals surface area (Å²) in [5.41, 5.74) is -0.673. The van der Waals surface area contributed by atoms with Crippen molar-refractivity contribution in [1.82, 2.24) is 25.5 Å². The first-order valence-corrected chi connectivity index (χ1v) is 7.21. The molecule has 0 saturated heterocycles. The molecule has 1 aliphatic rings. The lowest BCUT2D eigenvalue weighted by atomic mass is 9.83. The third kappa shape index (κ3) is 3.44. The summed E-state index contributed by atoms with van der Waals surface area (Å²) in [6.45, 7) is 0. The largest absolute Gasteiger partial charge is 0.337 e. The van der Waals surface area contributed by atoms with Crippen molar-refractivity contribution in [3.8, 4) is 6.07 Å². The maximum Gasteiger partial charge on any atom is 0.231 e. The number of nitrogens with zero attached hydrogens (tertiary/aromatic N) is 5. The zero-order valence-corrected chi connectivity index (χ0v) is 11.6. The molecule has 0 bridgehead atoms. The van der Waals surface area contributed by atoms with Crippen molar-refractivity contribution in [1.29, 1.82) is 5.26 Å². The predicted molar refractivity (Wildman–Crippen MR) is 69.1 cm³/mol. The van der Waals surface area contributed by atoms with Crippen LogP contribution >= 0.6 is 11.8 Å². The van der Waals surface area contributed by atoms with Crippen LogP contribution in [0.3, 0.4) is 0 Å². The van der Waals surface area contributed by atoms with E-state index in [4.69, 9.17) is 0 Å². The highest BCUT2D eigenvalue weighted by Gasteiger charge is 2.33. The van der Waals surface area contributed by atoms with E-state index in [1.807, 2.05) is 0 Å². The maximum absolute atomic E-state index is 11.9. The molecular formula is C11H16N6OS. The van der Waals surface area contributed by atoms with Crippen molar-refractivity contribution in [3.05, 3.63) is 0 Å². The van der Waals surface area contributed by atoms with E-state index in [2.05, 4.69) is 26.9 Å². The second kappa shape index (κ2) is 6.02. The highest BCUT2D eigenvalue weighted by atomic mass is 32.2. The summed E-state index contributed by atoms with van der Waals surface area (Å²) in [5.74, 6) is 0.0777. The number of nitrogens with one attached hydrogen (secondary N) is 1. The molecule has 0 spiro atoms. The van der Waals surface area contributed by atoms with Crippen molar-refractivity contribution in [2.75, 3.05) is 5.75 Å². The molecule has 1 fully saturated rings. The van der Waals surface area contributed by atoms with E-state index in [0.29, 0.717) is 5.16 Å². The van der Waals surface area contributed by atoms with E-state index >= 15 is 0 Å². The topological polar surface area (TPSA) is 96.5 Å². The van der Waals surface area contributed by atoms with Gasteiger partial charge in [0.1, 0.15) is 5.54 Å². The van der Waals surface area contributed by atoms with Gasteiger partial charge in [-0.3, -0.25) is 4.79 Å². The van der Waals surface area contributed by atoms with Gasteiger partial charge in [0.25, 0.3) is 0 Å². The molecule has 2 rings (SSSR count). The van der Waals surface area contributed by atoms with Gasteiger partial charge in [-0.1, -0.05) is 31.0 Å². The Kier molecular flexibility index (Phi) is 4.37. The van der Waals surface area contributed by atoms with E-state index in [1.54, 1.807) is 7.05 Å². The normalized spacial score (nSPS) is 17.7. The quantitative estimate of drug-likeness (QED) is 0.813. The Morgan fingerprint density at radius 2 is 2.26 bits per heavy atom. The van der Waals surface area contributed by atoms with Gasteiger partial charge < -0.3 is 5.32 Å². The van der Waals surface area contributed by atoms with Crippen LogP contribution in [-0.2, 0) is 11.8 Å². The van der Waals surface area contributed by atoms with E-state index in [1.165, 1.54) is 16.4 Å². The molecule has 19 heavy (non-hydrogen) atoms. The van der Waals surface area contributed by atoms with Crippen LogP contribution in [0.25, 0.3) is 0 Å². The summed E-state index contributed by atoms with van der Waals surface area (Å²) in [6.07, 6.45) is 4.61. The van der Waals surface area contributed by atoms with Gasteiger partial charge in [0.15, 0.2) is 0 Å². The number of carbonyl (C=O) groups excluding carboxylic acids is 1. The lowest BCUT2D eigenvalue weighted by molar-refractivity contribution is -0.120. The molecule has 0 unspecified atom stereocenters. The molecule has 7 nitrogen and oxygen atoms in total. The fraction of sp³-hybridized carbons (Fsp3) is 0.727. The molecule has 0 aliphatic heterocycles. The average molecular weight is 280 g/mol. The number of aromatic nitrogens is 4. The first-order chi connectivity index (χ1) is 9.15. The number of nitriles is 1. The number of hydrogen-bond donors (Lipinski definition) is 1. The van der Waals surface area contributed by atoms with Gasteiger partial charge in [0.05, 0.1) is 11.8 Å². The molecule has 0 radical (unpaired) electrons. The Morgan fingerprint density at radius 3 is 2.84 bits per heavy atom. The molecule has 102 valence electrons. The summed E-state index contributed by atoms with van der Waals surface area (Å²) in [6, 6.07) is 2.27. The van der Waals surface area contributed by atoms with Gasteiger partial charge in [0.2, 0.25) is 11.1 Å². The Bertz CT molecular complexity index is 488. The van der Waals surface area contributed by atoms with E-state index < -0.39 is 5.54 Å². The minimum atomic E-state index is -0.673. The van der Waals surface area contributed by atoms with E-state index in [9.17, 15) is 10.1 Å². The first-order valence-electron chi connectivity index (χ1n) is 6.23. The number of tetrazole rings is 1. The van der Waals surface area contributed by atoms with Gasteiger partial charge in [-0.25, -0.2) is 4.68 Å². The van der Waals surface area contributed by atoms with Crippen molar-refractivity contribution in [2.24, 2.45) is 7.05 Å². The number of hydrogen-bond acceptors (Lipinski definition) is 6. The Morgan fingerprint density at radius 1 is 1.53 bits per heavy atom. The Labute approximate surface area is 115 Å². The number of carbonyl (C=O) groups is 1. The van der Waals surface area contributed by atoms with Crippen molar-refractivity contribution < 1.29 is 4.79 Å². The van der Waals surface area contributed by atoms with Gasteiger partial charge in [-0.2, -0.15) is 5.26 Å². The van der Waals surface area contributed by atoms with Crippen LogP contribution in [0.15, 0.2) is 5.16 Å². The van der Waals surface area contributed by atoms with E-state index in [0.717, 1.165) is 32.1 Å². The second-order valence-corrected chi connectivity index (χ2v) is 5.62. The van der Waals surface area contributed by atoms with Crippen LogP contribution in [0.1, 0.15) is 32.1 Å². The van der Waals surface area contributed by atoms with Crippen LogP contribution in [0.4, 0.5) is 0 Å². The summed E-state index contributed by atoms with van der Waals surface area (Å²) in [4.78, 5) is 11.9. The van der Waals surface area contributed by atoms with Gasteiger partial charge in [0, 0.05) is 7.05 Å². The first kappa shape index (κ1) is 13.8. The molecule has 1 N–H and O–H groups in total. The zero-order valence-electron chi connectivity index (χ0n) is 10.8. The highest BCUT2D eigenvalue weighted by molar-refractivity contribution is 7.99. The molecular weight excluding hydrogens is 264 g/mol. The van der Waals surface area contributed by atoms with Crippen LogP contribution in [0, 0.1) is 11.3 Å².